The number of hydrogen-bond donors (Lipinski definition) is 0. The zero-order valence-electron chi connectivity index (χ0n) is 25.6. The third-order valence-electron chi connectivity index (χ3n) is 9.83. The Morgan fingerprint density at radius 2 is 1.00 bits per heavy atom. The maximum Gasteiger partial charge on any atom is 0.143 e. The Morgan fingerprint density at radius 1 is 0.417 bits per heavy atom. The highest BCUT2D eigenvalue weighted by Crippen LogP contribution is 2.42. The molecule has 0 radical (unpaired) electrons. The van der Waals surface area contributed by atoms with Crippen LogP contribution in [0.1, 0.15) is 0 Å². The van der Waals surface area contributed by atoms with Crippen molar-refractivity contribution in [1.82, 2.24) is 9.97 Å². The van der Waals surface area contributed by atoms with Gasteiger partial charge >= 0.3 is 0 Å². The summed E-state index contributed by atoms with van der Waals surface area (Å²) < 4.78 is 8.97. The number of benzene rings is 8. The number of hydrogen-bond acceptors (Lipinski definition) is 4. The molecule has 0 saturated heterocycles. The normalized spacial score (nSPS) is 12.2. The van der Waals surface area contributed by atoms with Crippen molar-refractivity contribution in [2.75, 3.05) is 0 Å². The van der Waals surface area contributed by atoms with Crippen molar-refractivity contribution in [2.24, 2.45) is 0 Å². The van der Waals surface area contributed by atoms with Crippen LogP contribution >= 0.6 is 11.3 Å². The monoisotopic (exact) mass is 628 g/mol. The lowest BCUT2D eigenvalue weighted by Crippen LogP contribution is -1.95. The fourth-order valence-electron chi connectivity index (χ4n) is 7.58. The molecule has 48 heavy (non-hydrogen) atoms. The predicted molar refractivity (Wildman–Crippen MR) is 203 cm³/mol. The van der Waals surface area contributed by atoms with Gasteiger partial charge in [-0.15, -0.1) is 11.3 Å². The summed E-state index contributed by atoms with van der Waals surface area (Å²) in [5.74, 6) is 0. The fraction of sp³-hybridized carbons (Fsp3) is 0. The summed E-state index contributed by atoms with van der Waals surface area (Å²) in [6, 6.07) is 51.8. The van der Waals surface area contributed by atoms with E-state index < -0.39 is 0 Å². The number of thiophene rings is 1. The van der Waals surface area contributed by atoms with Crippen molar-refractivity contribution in [1.29, 1.82) is 0 Å². The molecule has 0 aliphatic rings. The van der Waals surface area contributed by atoms with Gasteiger partial charge < -0.3 is 4.42 Å². The van der Waals surface area contributed by atoms with E-state index in [2.05, 4.69) is 109 Å². The smallest absolute Gasteiger partial charge is 0.143 e. The Kier molecular flexibility index (Phi) is 5.26. The zero-order valence-corrected chi connectivity index (χ0v) is 26.4. The van der Waals surface area contributed by atoms with Crippen LogP contribution in [0.2, 0.25) is 0 Å². The minimum Gasteiger partial charge on any atom is -0.455 e. The highest BCUT2D eigenvalue weighted by Gasteiger charge is 2.17. The largest absolute Gasteiger partial charge is 0.455 e. The number of fused-ring (bicyclic) bond motifs is 13. The Labute approximate surface area is 278 Å². The lowest BCUT2D eigenvalue weighted by molar-refractivity contribution is 0.672. The standard InChI is InChI=1S/C44H24N2OS/c1-5-11-38-30(7-1)34-22-21-33-35(44(34)47-38)20-15-25-13-14-26-23-27(16-18-29(26)41(25)33)42-43(46-37-10-4-3-9-36(37)45-42)28-17-19-32-31-8-2-6-12-39(31)48-40(32)24-28/h1-24H. The molecule has 3 nitrogen and oxygen atoms in total. The summed E-state index contributed by atoms with van der Waals surface area (Å²) in [5, 5.41) is 12.0. The molecule has 0 atom stereocenters. The summed E-state index contributed by atoms with van der Waals surface area (Å²) in [6.45, 7) is 0. The van der Waals surface area contributed by atoms with Crippen LogP contribution in [-0.4, -0.2) is 9.97 Å². The van der Waals surface area contributed by atoms with E-state index in [4.69, 9.17) is 14.4 Å². The van der Waals surface area contributed by atoms with E-state index in [1.807, 2.05) is 47.7 Å². The third kappa shape index (κ3) is 3.69. The quantitative estimate of drug-likeness (QED) is 0.179. The van der Waals surface area contributed by atoms with Crippen LogP contribution in [-0.2, 0) is 0 Å². The van der Waals surface area contributed by atoms with E-state index >= 15 is 0 Å². The molecule has 0 fully saturated rings. The first-order valence-corrected chi connectivity index (χ1v) is 17.0. The van der Waals surface area contributed by atoms with E-state index in [0.717, 1.165) is 66.3 Å². The molecule has 0 aliphatic heterocycles. The number of para-hydroxylation sites is 3. The SMILES string of the molecule is c1ccc2nc(-c3ccc4c(c3)sc3ccccc34)c(-c3ccc4c(ccc5ccc6c(ccc7c8ccccc8oc76)c54)c3)nc2c1. The molecule has 222 valence electrons. The van der Waals surface area contributed by atoms with Crippen LogP contribution in [0.15, 0.2) is 150 Å². The van der Waals surface area contributed by atoms with Gasteiger partial charge in [-0.1, -0.05) is 97.1 Å². The van der Waals surface area contributed by atoms with Crippen molar-refractivity contribution in [2.45, 2.75) is 0 Å². The Hall–Kier alpha value is -6.10. The molecule has 11 aromatic rings. The molecule has 0 aliphatic carbocycles. The molecule has 0 unspecified atom stereocenters. The molecule has 0 spiro atoms. The van der Waals surface area contributed by atoms with Gasteiger partial charge in [0.1, 0.15) is 11.2 Å². The van der Waals surface area contributed by atoms with Crippen LogP contribution in [0.3, 0.4) is 0 Å². The zero-order chi connectivity index (χ0) is 31.3. The number of furan rings is 1. The van der Waals surface area contributed by atoms with Crippen molar-refractivity contribution in [3.63, 3.8) is 0 Å². The molecule has 0 bridgehead atoms. The van der Waals surface area contributed by atoms with Crippen LogP contribution in [0.25, 0.3) is 108 Å². The molecule has 4 heteroatoms. The van der Waals surface area contributed by atoms with Gasteiger partial charge in [0.15, 0.2) is 0 Å². The molecule has 11 rings (SSSR count). The van der Waals surface area contributed by atoms with Crippen molar-refractivity contribution in [3.05, 3.63) is 146 Å². The minimum absolute atomic E-state index is 0.887. The van der Waals surface area contributed by atoms with Gasteiger partial charge in [-0.3, -0.25) is 0 Å². The van der Waals surface area contributed by atoms with Gasteiger partial charge in [-0.25, -0.2) is 9.97 Å². The lowest BCUT2D eigenvalue weighted by Gasteiger charge is -2.13. The molecule has 0 N–H and O–H groups in total. The summed E-state index contributed by atoms with van der Waals surface area (Å²) in [7, 11) is 0. The average Bonchev–Trinajstić information content (AvgIpc) is 3.72. The molecule has 0 amide bonds. The number of nitrogens with zero attached hydrogens (tertiary/aromatic N) is 2. The summed E-state index contributed by atoms with van der Waals surface area (Å²) >= 11 is 1.83. The summed E-state index contributed by atoms with van der Waals surface area (Å²) in [5.41, 5.74) is 7.54. The van der Waals surface area contributed by atoms with E-state index in [1.165, 1.54) is 41.7 Å². The van der Waals surface area contributed by atoms with E-state index in [1.54, 1.807) is 0 Å². The number of rotatable bonds is 2. The Balaban J connectivity index is 1.14. The molecular weight excluding hydrogens is 605 g/mol. The second kappa shape index (κ2) is 9.71. The van der Waals surface area contributed by atoms with Gasteiger partial charge in [-0.05, 0) is 75.5 Å². The van der Waals surface area contributed by atoms with Crippen LogP contribution < -0.4 is 0 Å². The first-order valence-electron chi connectivity index (χ1n) is 16.2. The first kappa shape index (κ1) is 26.0. The molecule has 0 saturated carbocycles. The van der Waals surface area contributed by atoms with E-state index in [-0.39, 0.29) is 0 Å². The highest BCUT2D eigenvalue weighted by molar-refractivity contribution is 7.25. The van der Waals surface area contributed by atoms with Gasteiger partial charge in [0.2, 0.25) is 0 Å². The second-order valence-corrected chi connectivity index (χ2v) is 13.6. The predicted octanol–water partition coefficient (Wildman–Crippen LogP) is 12.7. The van der Waals surface area contributed by atoms with Crippen molar-refractivity contribution < 1.29 is 4.42 Å². The second-order valence-electron chi connectivity index (χ2n) is 12.5. The van der Waals surface area contributed by atoms with Gasteiger partial charge in [-0.2, -0.15) is 0 Å². The van der Waals surface area contributed by atoms with Gasteiger partial charge in [0, 0.05) is 47.5 Å². The van der Waals surface area contributed by atoms with Crippen LogP contribution in [0.5, 0.6) is 0 Å². The van der Waals surface area contributed by atoms with Gasteiger partial charge in [0.25, 0.3) is 0 Å². The van der Waals surface area contributed by atoms with Crippen LogP contribution in [0.4, 0.5) is 0 Å². The molecule has 3 heterocycles. The molecular formula is C44H24N2OS. The van der Waals surface area contributed by atoms with Crippen molar-refractivity contribution in [3.8, 4) is 22.5 Å². The molecule has 3 aromatic heterocycles. The van der Waals surface area contributed by atoms with Gasteiger partial charge in [0.05, 0.1) is 22.4 Å². The lowest BCUT2D eigenvalue weighted by atomic mass is 9.93. The van der Waals surface area contributed by atoms with Crippen molar-refractivity contribution >= 4 is 96.8 Å². The molecule has 8 aromatic carbocycles. The van der Waals surface area contributed by atoms with E-state index in [9.17, 15) is 0 Å². The third-order valence-corrected chi connectivity index (χ3v) is 11.0. The first-order chi connectivity index (χ1) is 23.8. The summed E-state index contributed by atoms with van der Waals surface area (Å²) in [4.78, 5) is 10.5. The number of aromatic nitrogens is 2. The maximum atomic E-state index is 6.42. The highest BCUT2D eigenvalue weighted by atomic mass is 32.1. The van der Waals surface area contributed by atoms with E-state index in [0.29, 0.717) is 0 Å². The topological polar surface area (TPSA) is 38.9 Å². The maximum absolute atomic E-state index is 6.42. The Bertz CT molecular complexity index is 3130. The summed E-state index contributed by atoms with van der Waals surface area (Å²) in [6.07, 6.45) is 0. The van der Waals surface area contributed by atoms with Crippen LogP contribution in [0, 0.1) is 0 Å². The fourth-order valence-corrected chi connectivity index (χ4v) is 8.72. The average molecular weight is 629 g/mol. The Morgan fingerprint density at radius 3 is 1.85 bits per heavy atom. The minimum atomic E-state index is 0.887.